The third kappa shape index (κ3) is 4.93. The summed E-state index contributed by atoms with van der Waals surface area (Å²) < 4.78 is 0. The minimum absolute atomic E-state index is 0.0435. The van der Waals surface area contributed by atoms with Crippen molar-refractivity contribution in [3.8, 4) is 5.75 Å². The Hall–Kier alpha value is -2.66. The molecule has 4 N–H and O–H groups in total. The molecule has 0 aliphatic rings. The molecule has 0 saturated heterocycles. The van der Waals surface area contributed by atoms with E-state index >= 15 is 0 Å². The summed E-state index contributed by atoms with van der Waals surface area (Å²) >= 11 is 0. The van der Waals surface area contributed by atoms with Gasteiger partial charge in [-0.1, -0.05) is 30.3 Å². The Labute approximate surface area is 141 Å². The molecule has 0 radical (unpaired) electrons. The minimum Gasteiger partial charge on any atom is -0.507 e. The molecule has 5 nitrogen and oxygen atoms in total. The lowest BCUT2D eigenvalue weighted by atomic mass is 10.0. The van der Waals surface area contributed by atoms with Crippen molar-refractivity contribution in [2.24, 2.45) is 5.73 Å². The number of hydrogen-bond donors (Lipinski definition) is 3. The first-order chi connectivity index (χ1) is 11.5. The molecule has 2 rings (SSSR count). The van der Waals surface area contributed by atoms with Crippen LogP contribution in [0.5, 0.6) is 5.75 Å². The SMILES string of the molecule is C[C@@H](CCc1ccccc1)NCC(=O)c1ccc(O)c(C(N)=O)c1. The zero-order chi connectivity index (χ0) is 17.5. The molecule has 0 aliphatic heterocycles. The van der Waals surface area contributed by atoms with Crippen LogP contribution in [0.4, 0.5) is 0 Å². The maximum atomic E-state index is 12.2. The highest BCUT2D eigenvalue weighted by atomic mass is 16.3. The van der Waals surface area contributed by atoms with E-state index in [4.69, 9.17) is 5.73 Å². The van der Waals surface area contributed by atoms with E-state index in [-0.39, 0.29) is 29.7 Å². The molecule has 24 heavy (non-hydrogen) atoms. The number of hydrogen-bond acceptors (Lipinski definition) is 4. The van der Waals surface area contributed by atoms with Gasteiger partial charge in [0.05, 0.1) is 12.1 Å². The Morgan fingerprint density at radius 1 is 1.17 bits per heavy atom. The van der Waals surface area contributed by atoms with Crippen LogP contribution in [0.1, 0.15) is 39.6 Å². The van der Waals surface area contributed by atoms with E-state index in [9.17, 15) is 14.7 Å². The summed E-state index contributed by atoms with van der Waals surface area (Å²) in [5, 5.41) is 12.7. The van der Waals surface area contributed by atoms with Gasteiger partial charge in [-0.2, -0.15) is 0 Å². The maximum Gasteiger partial charge on any atom is 0.252 e. The van der Waals surface area contributed by atoms with Gasteiger partial charge in [0.15, 0.2) is 5.78 Å². The number of benzene rings is 2. The van der Waals surface area contributed by atoms with E-state index in [2.05, 4.69) is 17.4 Å². The van der Waals surface area contributed by atoms with Crippen LogP contribution in [0.3, 0.4) is 0 Å². The Kier molecular flexibility index (Phi) is 6.09. The Morgan fingerprint density at radius 3 is 2.54 bits per heavy atom. The lowest BCUT2D eigenvalue weighted by Gasteiger charge is -2.13. The van der Waals surface area contributed by atoms with Crippen molar-refractivity contribution in [3.63, 3.8) is 0 Å². The van der Waals surface area contributed by atoms with E-state index in [1.54, 1.807) is 0 Å². The van der Waals surface area contributed by atoms with Crippen molar-refractivity contribution in [2.75, 3.05) is 6.54 Å². The van der Waals surface area contributed by atoms with Crippen LogP contribution in [0.15, 0.2) is 48.5 Å². The number of ketones is 1. The number of amides is 1. The smallest absolute Gasteiger partial charge is 0.252 e. The largest absolute Gasteiger partial charge is 0.507 e. The summed E-state index contributed by atoms with van der Waals surface area (Å²) in [4.78, 5) is 23.4. The van der Waals surface area contributed by atoms with Crippen LogP contribution in [0, 0.1) is 0 Å². The second-order valence-corrected chi connectivity index (χ2v) is 5.83. The molecule has 2 aromatic carbocycles. The fourth-order valence-electron chi connectivity index (χ4n) is 2.41. The van der Waals surface area contributed by atoms with E-state index in [1.807, 2.05) is 25.1 Å². The first-order valence-electron chi connectivity index (χ1n) is 7.90. The average molecular weight is 326 g/mol. The molecule has 0 heterocycles. The zero-order valence-corrected chi connectivity index (χ0v) is 13.7. The zero-order valence-electron chi connectivity index (χ0n) is 13.7. The van der Waals surface area contributed by atoms with E-state index < -0.39 is 5.91 Å². The van der Waals surface area contributed by atoms with Gasteiger partial charge in [0, 0.05) is 11.6 Å². The molecule has 0 bridgehead atoms. The highest BCUT2D eigenvalue weighted by molar-refractivity contribution is 6.02. The van der Waals surface area contributed by atoms with Crippen molar-refractivity contribution in [1.29, 1.82) is 0 Å². The number of aromatic hydroxyl groups is 1. The molecular formula is C19H22N2O3. The number of nitrogens with two attached hydrogens (primary N) is 1. The molecule has 5 heteroatoms. The van der Waals surface area contributed by atoms with Crippen molar-refractivity contribution >= 4 is 11.7 Å². The maximum absolute atomic E-state index is 12.2. The monoisotopic (exact) mass is 326 g/mol. The van der Waals surface area contributed by atoms with Gasteiger partial charge in [-0.25, -0.2) is 0 Å². The molecule has 0 fully saturated rings. The number of aryl methyl sites for hydroxylation is 1. The molecular weight excluding hydrogens is 304 g/mol. The van der Waals surface area contributed by atoms with Crippen LogP contribution in [-0.2, 0) is 6.42 Å². The van der Waals surface area contributed by atoms with E-state index in [0.29, 0.717) is 5.56 Å². The molecule has 0 spiro atoms. The standard InChI is InChI=1S/C19H22N2O3/c1-13(7-8-14-5-3-2-4-6-14)21-12-18(23)15-9-10-17(22)16(11-15)19(20)24/h2-6,9-11,13,21-22H,7-8,12H2,1H3,(H2,20,24)/t13-/m0/s1. The minimum atomic E-state index is -0.758. The van der Waals surface area contributed by atoms with Gasteiger partial charge in [-0.05, 0) is 43.5 Å². The summed E-state index contributed by atoms with van der Waals surface area (Å²) in [5.41, 5.74) is 6.75. The fraction of sp³-hybridized carbons (Fsp3) is 0.263. The van der Waals surface area contributed by atoms with Gasteiger partial charge in [0.25, 0.3) is 5.91 Å². The fourth-order valence-corrected chi connectivity index (χ4v) is 2.41. The van der Waals surface area contributed by atoms with Crippen molar-refractivity contribution in [3.05, 3.63) is 65.2 Å². The number of nitrogens with one attached hydrogen (secondary N) is 1. The number of rotatable bonds is 8. The molecule has 1 atom stereocenters. The molecule has 1 amide bonds. The van der Waals surface area contributed by atoms with Gasteiger partial charge in [-0.15, -0.1) is 0 Å². The quantitative estimate of drug-likeness (QED) is 0.649. The normalized spacial score (nSPS) is 11.9. The molecule has 2 aromatic rings. The van der Waals surface area contributed by atoms with E-state index in [1.165, 1.54) is 23.8 Å². The van der Waals surface area contributed by atoms with Gasteiger partial charge in [0.1, 0.15) is 5.75 Å². The van der Waals surface area contributed by atoms with Crippen LogP contribution in [0.25, 0.3) is 0 Å². The Morgan fingerprint density at radius 2 is 1.88 bits per heavy atom. The van der Waals surface area contributed by atoms with Gasteiger partial charge in [-0.3, -0.25) is 9.59 Å². The third-order valence-corrected chi connectivity index (χ3v) is 3.90. The molecule has 0 aromatic heterocycles. The van der Waals surface area contributed by atoms with E-state index in [0.717, 1.165) is 12.8 Å². The van der Waals surface area contributed by atoms with Crippen molar-refractivity contribution in [2.45, 2.75) is 25.8 Å². The van der Waals surface area contributed by atoms with Crippen LogP contribution < -0.4 is 11.1 Å². The first kappa shape index (κ1) is 17.7. The highest BCUT2D eigenvalue weighted by Crippen LogP contribution is 2.18. The average Bonchev–Trinajstić information content (AvgIpc) is 2.59. The topological polar surface area (TPSA) is 92.4 Å². The summed E-state index contributed by atoms with van der Waals surface area (Å²) in [5.74, 6) is -1.13. The summed E-state index contributed by atoms with van der Waals surface area (Å²) in [6.45, 7) is 2.20. The molecule has 0 aliphatic carbocycles. The van der Waals surface area contributed by atoms with Crippen LogP contribution in [-0.4, -0.2) is 29.4 Å². The Bertz CT molecular complexity index is 714. The predicted molar refractivity (Wildman–Crippen MR) is 93.2 cm³/mol. The summed E-state index contributed by atoms with van der Waals surface area (Å²) in [6, 6.07) is 14.5. The number of Topliss-reactive ketones (excluding diaryl/α,β-unsaturated/α-hetero) is 1. The molecule has 0 unspecified atom stereocenters. The van der Waals surface area contributed by atoms with Gasteiger partial charge < -0.3 is 16.2 Å². The molecule has 0 saturated carbocycles. The van der Waals surface area contributed by atoms with Gasteiger partial charge in [0.2, 0.25) is 0 Å². The first-order valence-corrected chi connectivity index (χ1v) is 7.90. The van der Waals surface area contributed by atoms with Gasteiger partial charge >= 0.3 is 0 Å². The lowest BCUT2D eigenvalue weighted by molar-refractivity contribution is 0.0987. The summed E-state index contributed by atoms with van der Waals surface area (Å²) in [6.07, 6.45) is 1.85. The number of carbonyl (C=O) groups is 2. The summed E-state index contributed by atoms with van der Waals surface area (Å²) in [7, 11) is 0. The number of primary amides is 1. The second kappa shape index (κ2) is 8.26. The van der Waals surface area contributed by atoms with Crippen LogP contribution in [0.2, 0.25) is 0 Å². The van der Waals surface area contributed by atoms with Crippen LogP contribution >= 0.6 is 0 Å². The highest BCUT2D eigenvalue weighted by Gasteiger charge is 2.13. The number of phenols is 1. The molecule has 126 valence electrons. The number of carbonyl (C=O) groups excluding carboxylic acids is 2. The second-order valence-electron chi connectivity index (χ2n) is 5.83. The predicted octanol–water partition coefficient (Wildman–Crippen LogP) is 2.28. The lowest BCUT2D eigenvalue weighted by Crippen LogP contribution is -2.32. The van der Waals surface area contributed by atoms with Crippen molar-refractivity contribution in [1.82, 2.24) is 5.32 Å². The third-order valence-electron chi connectivity index (χ3n) is 3.90. The Balaban J connectivity index is 1.86. The van der Waals surface area contributed by atoms with Crippen molar-refractivity contribution < 1.29 is 14.7 Å².